The van der Waals surface area contributed by atoms with Crippen LogP contribution in [0.5, 0.6) is 0 Å². The van der Waals surface area contributed by atoms with Crippen molar-refractivity contribution in [3.8, 4) is 0 Å². The SMILES string of the molecule is CC/C(C)=N/Nc1nc2cc(NC(=O)c3ccco3)ccc2s1. The summed E-state index contributed by atoms with van der Waals surface area (Å²) >= 11 is 1.51. The van der Waals surface area contributed by atoms with Gasteiger partial charge in [-0.25, -0.2) is 4.98 Å². The van der Waals surface area contributed by atoms with Gasteiger partial charge < -0.3 is 9.73 Å². The van der Waals surface area contributed by atoms with Crippen molar-refractivity contribution in [3.05, 3.63) is 42.4 Å². The highest BCUT2D eigenvalue weighted by Crippen LogP contribution is 2.28. The van der Waals surface area contributed by atoms with Gasteiger partial charge in [-0.1, -0.05) is 18.3 Å². The predicted octanol–water partition coefficient (Wildman–Crippen LogP) is 4.34. The van der Waals surface area contributed by atoms with Crippen LogP contribution in [0.2, 0.25) is 0 Å². The number of fused-ring (bicyclic) bond motifs is 1. The van der Waals surface area contributed by atoms with E-state index < -0.39 is 0 Å². The molecular formula is C16H16N4O2S. The first kappa shape index (κ1) is 15.2. The average Bonchev–Trinajstić information content (AvgIpc) is 3.21. The minimum atomic E-state index is -0.286. The molecule has 0 aliphatic rings. The van der Waals surface area contributed by atoms with Crippen LogP contribution in [0.4, 0.5) is 10.8 Å². The Morgan fingerprint density at radius 3 is 3.00 bits per heavy atom. The number of hydrazone groups is 1. The summed E-state index contributed by atoms with van der Waals surface area (Å²) in [6.07, 6.45) is 2.36. The van der Waals surface area contributed by atoms with Crippen molar-refractivity contribution in [2.75, 3.05) is 10.7 Å². The number of amides is 1. The van der Waals surface area contributed by atoms with E-state index in [1.165, 1.54) is 17.6 Å². The Balaban J connectivity index is 1.77. The molecule has 0 unspecified atom stereocenters. The lowest BCUT2D eigenvalue weighted by atomic mass is 10.3. The number of nitrogens with one attached hydrogen (secondary N) is 2. The van der Waals surface area contributed by atoms with E-state index in [2.05, 4.69) is 20.8 Å². The molecule has 0 saturated heterocycles. The lowest BCUT2D eigenvalue weighted by Gasteiger charge is -2.02. The molecule has 23 heavy (non-hydrogen) atoms. The zero-order valence-corrected chi connectivity index (χ0v) is 13.6. The Bertz CT molecular complexity index is 852. The number of anilines is 2. The molecule has 3 rings (SSSR count). The topological polar surface area (TPSA) is 79.5 Å². The third-order valence-electron chi connectivity index (χ3n) is 3.24. The van der Waals surface area contributed by atoms with Crippen LogP contribution in [0.1, 0.15) is 30.8 Å². The van der Waals surface area contributed by atoms with Crippen LogP contribution in [0, 0.1) is 0 Å². The fourth-order valence-electron chi connectivity index (χ4n) is 1.88. The van der Waals surface area contributed by atoms with E-state index in [-0.39, 0.29) is 11.7 Å². The molecule has 2 aromatic heterocycles. The summed E-state index contributed by atoms with van der Waals surface area (Å²) in [7, 11) is 0. The summed E-state index contributed by atoms with van der Waals surface area (Å²) in [5, 5.41) is 7.76. The summed E-state index contributed by atoms with van der Waals surface area (Å²) in [6.45, 7) is 4.01. The Labute approximate surface area is 137 Å². The van der Waals surface area contributed by atoms with Gasteiger partial charge in [0, 0.05) is 11.4 Å². The van der Waals surface area contributed by atoms with Crippen molar-refractivity contribution in [1.29, 1.82) is 0 Å². The molecule has 1 amide bonds. The smallest absolute Gasteiger partial charge is 0.291 e. The molecule has 0 radical (unpaired) electrons. The van der Waals surface area contributed by atoms with Gasteiger partial charge in [-0.05, 0) is 43.7 Å². The van der Waals surface area contributed by atoms with Gasteiger partial charge in [-0.2, -0.15) is 5.10 Å². The minimum Gasteiger partial charge on any atom is -0.459 e. The number of aromatic nitrogens is 1. The first-order valence-corrected chi connectivity index (χ1v) is 8.02. The van der Waals surface area contributed by atoms with Crippen molar-refractivity contribution in [1.82, 2.24) is 4.98 Å². The molecule has 6 nitrogen and oxygen atoms in total. The molecule has 1 aromatic carbocycles. The molecule has 0 aliphatic carbocycles. The summed E-state index contributed by atoms with van der Waals surface area (Å²) in [4.78, 5) is 16.4. The molecule has 0 bridgehead atoms. The van der Waals surface area contributed by atoms with Crippen LogP contribution in [-0.4, -0.2) is 16.6 Å². The number of benzene rings is 1. The maximum absolute atomic E-state index is 12.0. The molecule has 0 fully saturated rings. The van der Waals surface area contributed by atoms with Gasteiger partial charge in [0.25, 0.3) is 5.91 Å². The number of hydrogen-bond acceptors (Lipinski definition) is 6. The molecule has 0 saturated carbocycles. The molecule has 118 valence electrons. The minimum absolute atomic E-state index is 0.273. The second kappa shape index (κ2) is 6.62. The summed E-state index contributed by atoms with van der Waals surface area (Å²) in [5.74, 6) is -0.0128. The van der Waals surface area contributed by atoms with E-state index in [0.717, 1.165) is 27.5 Å². The highest BCUT2D eigenvalue weighted by Gasteiger charge is 2.10. The number of carbonyl (C=O) groups excluding carboxylic acids is 1. The van der Waals surface area contributed by atoms with E-state index in [1.54, 1.807) is 12.1 Å². The molecule has 0 aliphatic heterocycles. The zero-order valence-electron chi connectivity index (χ0n) is 12.8. The van der Waals surface area contributed by atoms with Gasteiger partial charge in [0.15, 0.2) is 5.76 Å². The van der Waals surface area contributed by atoms with Gasteiger partial charge >= 0.3 is 0 Å². The lowest BCUT2D eigenvalue weighted by molar-refractivity contribution is 0.0996. The van der Waals surface area contributed by atoms with Crippen molar-refractivity contribution in [3.63, 3.8) is 0 Å². The van der Waals surface area contributed by atoms with Crippen molar-refractivity contribution in [2.45, 2.75) is 20.3 Å². The molecule has 7 heteroatoms. The Morgan fingerprint density at radius 1 is 1.39 bits per heavy atom. The van der Waals surface area contributed by atoms with Crippen LogP contribution < -0.4 is 10.7 Å². The Morgan fingerprint density at radius 2 is 2.26 bits per heavy atom. The molecule has 3 aromatic rings. The molecule has 2 N–H and O–H groups in total. The summed E-state index contributed by atoms with van der Waals surface area (Å²) in [5.41, 5.74) is 5.45. The Hall–Kier alpha value is -2.67. The van der Waals surface area contributed by atoms with Crippen molar-refractivity contribution < 1.29 is 9.21 Å². The Kier molecular flexibility index (Phi) is 4.38. The zero-order chi connectivity index (χ0) is 16.2. The highest BCUT2D eigenvalue weighted by atomic mass is 32.1. The number of nitrogens with zero attached hydrogens (tertiary/aromatic N) is 2. The second-order valence-corrected chi connectivity index (χ2v) is 5.98. The second-order valence-electron chi connectivity index (χ2n) is 4.95. The highest BCUT2D eigenvalue weighted by molar-refractivity contribution is 7.22. The monoisotopic (exact) mass is 328 g/mol. The first-order valence-electron chi connectivity index (χ1n) is 7.20. The first-order chi connectivity index (χ1) is 11.2. The molecule has 0 atom stereocenters. The number of thiazole rings is 1. The number of furan rings is 1. The van der Waals surface area contributed by atoms with Crippen molar-refractivity contribution >= 4 is 44.0 Å². The van der Waals surface area contributed by atoms with Crippen LogP contribution in [0.15, 0.2) is 46.1 Å². The van der Waals surface area contributed by atoms with E-state index in [0.29, 0.717) is 5.69 Å². The molecular weight excluding hydrogens is 312 g/mol. The van der Waals surface area contributed by atoms with Crippen molar-refractivity contribution in [2.24, 2.45) is 5.10 Å². The average molecular weight is 328 g/mol. The maximum atomic E-state index is 12.0. The van der Waals surface area contributed by atoms with E-state index in [9.17, 15) is 4.79 Å². The summed E-state index contributed by atoms with van der Waals surface area (Å²) < 4.78 is 6.09. The third kappa shape index (κ3) is 3.57. The van der Waals surface area contributed by atoms with Gasteiger partial charge in [0.1, 0.15) is 0 Å². The van der Waals surface area contributed by atoms with Gasteiger partial charge in [-0.3, -0.25) is 10.2 Å². The molecule has 0 spiro atoms. The van der Waals surface area contributed by atoms with Gasteiger partial charge in [0.2, 0.25) is 5.13 Å². The van der Waals surface area contributed by atoms with Crippen LogP contribution in [-0.2, 0) is 0 Å². The van der Waals surface area contributed by atoms with E-state index in [4.69, 9.17) is 4.42 Å². The number of rotatable bonds is 5. The van der Waals surface area contributed by atoms with Gasteiger partial charge in [0.05, 0.1) is 16.5 Å². The number of hydrogen-bond donors (Lipinski definition) is 2. The predicted molar refractivity (Wildman–Crippen MR) is 93.3 cm³/mol. The van der Waals surface area contributed by atoms with Crippen LogP contribution in [0.25, 0.3) is 10.2 Å². The maximum Gasteiger partial charge on any atom is 0.291 e. The van der Waals surface area contributed by atoms with E-state index >= 15 is 0 Å². The fraction of sp³-hybridized carbons (Fsp3) is 0.188. The van der Waals surface area contributed by atoms with E-state index in [1.807, 2.05) is 32.0 Å². The molecule has 2 heterocycles. The van der Waals surface area contributed by atoms with Gasteiger partial charge in [-0.15, -0.1) is 0 Å². The summed E-state index contributed by atoms with van der Waals surface area (Å²) in [6, 6.07) is 8.88. The largest absolute Gasteiger partial charge is 0.459 e. The lowest BCUT2D eigenvalue weighted by Crippen LogP contribution is -2.10. The quantitative estimate of drug-likeness (QED) is 0.539. The third-order valence-corrected chi connectivity index (χ3v) is 4.19. The standard InChI is InChI=1S/C16H16N4O2S/c1-3-10(2)19-20-16-18-12-9-11(6-7-14(12)23-16)17-15(21)13-5-4-8-22-13/h4-9H,3H2,1-2H3,(H,17,21)(H,18,20)/b19-10+. The van der Waals surface area contributed by atoms with Crippen LogP contribution in [0.3, 0.4) is 0 Å². The normalized spacial score (nSPS) is 11.7. The van der Waals surface area contributed by atoms with Crippen LogP contribution >= 0.6 is 11.3 Å². The number of carbonyl (C=O) groups is 1. The fourth-order valence-corrected chi connectivity index (χ4v) is 2.66.